The first-order chi connectivity index (χ1) is 16.1. The van der Waals surface area contributed by atoms with E-state index in [-0.39, 0.29) is 5.91 Å². The van der Waals surface area contributed by atoms with Gasteiger partial charge >= 0.3 is 0 Å². The number of rotatable bonds is 1. The van der Waals surface area contributed by atoms with Crippen LogP contribution >= 0.6 is 11.6 Å². The first kappa shape index (κ1) is 22.8. The number of hydrogen-bond acceptors (Lipinski definition) is 7. The standard InChI is InChI=1S/C24H27ClN6O2/c1-2-31-13-10-23(32)26-12-14-33-21-8-5-18(25)15-20(21)29-24-27-11-9-22(30-24)28-19-6-3-17(16-31)4-7-19/h3-9,11,15H,2,10,12-14,16H2,1H3,(H,26,32)(H2,27,28,29,30). The Hall–Kier alpha value is -3.36. The van der Waals surface area contributed by atoms with Crippen molar-refractivity contribution in [1.82, 2.24) is 20.2 Å². The molecule has 5 rings (SSSR count). The number of ether oxygens (including phenoxy) is 1. The molecule has 2 aromatic carbocycles. The number of benzene rings is 2. The van der Waals surface area contributed by atoms with Crippen molar-refractivity contribution in [3.05, 3.63) is 65.3 Å². The van der Waals surface area contributed by atoms with E-state index in [9.17, 15) is 4.79 Å². The van der Waals surface area contributed by atoms with Gasteiger partial charge in [-0.2, -0.15) is 4.98 Å². The van der Waals surface area contributed by atoms with Crippen molar-refractivity contribution in [2.75, 3.05) is 36.9 Å². The molecule has 3 aromatic rings. The van der Waals surface area contributed by atoms with Gasteiger partial charge in [0.25, 0.3) is 0 Å². The maximum Gasteiger partial charge on any atom is 0.229 e. The molecule has 2 aliphatic rings. The molecule has 0 fully saturated rings. The molecular weight excluding hydrogens is 440 g/mol. The molecule has 8 nitrogen and oxygen atoms in total. The Morgan fingerprint density at radius 2 is 1.97 bits per heavy atom. The van der Waals surface area contributed by atoms with E-state index in [0.717, 1.165) is 18.8 Å². The maximum absolute atomic E-state index is 12.3. The summed E-state index contributed by atoms with van der Waals surface area (Å²) in [7, 11) is 0. The summed E-state index contributed by atoms with van der Waals surface area (Å²) in [5.74, 6) is 1.67. The SMILES string of the molecule is CCN1CCC(=O)NCCOc2ccc(Cl)cc2Nc2nccc(n2)Nc2ccc(cc2)C1. The predicted molar refractivity (Wildman–Crippen MR) is 131 cm³/mol. The molecule has 3 heterocycles. The van der Waals surface area contributed by atoms with E-state index in [2.05, 4.69) is 49.9 Å². The van der Waals surface area contributed by atoms with Crippen molar-refractivity contribution >= 4 is 40.6 Å². The molecule has 1 aromatic heterocycles. The minimum atomic E-state index is 0.00525. The summed E-state index contributed by atoms with van der Waals surface area (Å²) >= 11 is 6.19. The highest BCUT2D eigenvalue weighted by molar-refractivity contribution is 6.31. The molecule has 0 saturated heterocycles. The Bertz CT molecular complexity index is 1090. The van der Waals surface area contributed by atoms with Crippen LogP contribution in [0.1, 0.15) is 18.9 Å². The van der Waals surface area contributed by atoms with Gasteiger partial charge in [0.05, 0.1) is 12.2 Å². The molecule has 0 unspecified atom stereocenters. The fourth-order valence-electron chi connectivity index (χ4n) is 3.48. The van der Waals surface area contributed by atoms with Crippen molar-refractivity contribution in [1.29, 1.82) is 0 Å². The zero-order valence-corrected chi connectivity index (χ0v) is 19.2. The molecule has 0 saturated carbocycles. The highest BCUT2D eigenvalue weighted by atomic mass is 35.5. The Balaban J connectivity index is 1.59. The molecule has 3 N–H and O–H groups in total. The average Bonchev–Trinajstić information content (AvgIpc) is 2.81. The number of nitrogens with one attached hydrogen (secondary N) is 3. The minimum Gasteiger partial charge on any atom is -0.490 e. The summed E-state index contributed by atoms with van der Waals surface area (Å²) in [6.45, 7) is 5.18. The van der Waals surface area contributed by atoms with E-state index in [4.69, 9.17) is 16.3 Å². The lowest BCUT2D eigenvalue weighted by Crippen LogP contribution is -2.32. The second kappa shape index (κ2) is 11.0. The Morgan fingerprint density at radius 3 is 2.79 bits per heavy atom. The Morgan fingerprint density at radius 1 is 1.12 bits per heavy atom. The number of aromatic nitrogens is 2. The molecule has 1 amide bonds. The molecule has 172 valence electrons. The summed E-state index contributed by atoms with van der Waals surface area (Å²) in [6, 6.07) is 15.3. The second-order valence-corrected chi connectivity index (χ2v) is 8.11. The number of halogens is 1. The highest BCUT2D eigenvalue weighted by Gasteiger charge is 2.11. The van der Waals surface area contributed by atoms with Crippen molar-refractivity contribution in [3.63, 3.8) is 0 Å². The molecule has 0 spiro atoms. The average molecular weight is 467 g/mol. The van der Waals surface area contributed by atoms with Gasteiger partial charge in [0.1, 0.15) is 18.2 Å². The smallest absolute Gasteiger partial charge is 0.229 e. The molecule has 0 atom stereocenters. The molecule has 9 heteroatoms. The predicted octanol–water partition coefficient (Wildman–Crippen LogP) is 4.34. The van der Waals surface area contributed by atoms with Crippen LogP contribution in [-0.2, 0) is 11.3 Å². The van der Waals surface area contributed by atoms with E-state index in [1.54, 1.807) is 24.4 Å². The maximum atomic E-state index is 12.3. The topological polar surface area (TPSA) is 91.4 Å². The van der Waals surface area contributed by atoms with E-state index < -0.39 is 0 Å². The Kier molecular flexibility index (Phi) is 7.59. The zero-order chi connectivity index (χ0) is 23.0. The third-order valence-corrected chi connectivity index (χ3v) is 5.50. The molecule has 33 heavy (non-hydrogen) atoms. The lowest BCUT2D eigenvalue weighted by molar-refractivity contribution is -0.121. The van der Waals surface area contributed by atoms with Gasteiger partial charge in [0.15, 0.2) is 0 Å². The second-order valence-electron chi connectivity index (χ2n) is 7.67. The van der Waals surface area contributed by atoms with Crippen LogP contribution in [0.3, 0.4) is 0 Å². The molecule has 2 aliphatic heterocycles. The normalized spacial score (nSPS) is 15.4. The van der Waals surface area contributed by atoms with Crippen LogP contribution in [-0.4, -0.2) is 47.0 Å². The van der Waals surface area contributed by atoms with Crippen LogP contribution in [0.25, 0.3) is 0 Å². The van der Waals surface area contributed by atoms with E-state index in [1.165, 1.54) is 5.56 Å². The number of hydrogen-bond donors (Lipinski definition) is 3. The van der Waals surface area contributed by atoms with Crippen LogP contribution in [0.5, 0.6) is 5.75 Å². The lowest BCUT2D eigenvalue weighted by Gasteiger charge is -2.20. The number of amides is 1. The van der Waals surface area contributed by atoms with Crippen LogP contribution in [0, 0.1) is 0 Å². The summed E-state index contributed by atoms with van der Waals surface area (Å²) in [5.41, 5.74) is 2.75. The zero-order valence-electron chi connectivity index (χ0n) is 18.5. The lowest BCUT2D eigenvalue weighted by atomic mass is 10.2. The van der Waals surface area contributed by atoms with Crippen molar-refractivity contribution in [3.8, 4) is 5.75 Å². The summed E-state index contributed by atoms with van der Waals surface area (Å²) in [4.78, 5) is 23.4. The van der Waals surface area contributed by atoms with E-state index in [1.807, 2.05) is 18.2 Å². The molecular formula is C24H27ClN6O2. The largest absolute Gasteiger partial charge is 0.490 e. The first-order valence-corrected chi connectivity index (χ1v) is 11.3. The van der Waals surface area contributed by atoms with Gasteiger partial charge in [0.2, 0.25) is 11.9 Å². The fourth-order valence-corrected chi connectivity index (χ4v) is 3.65. The minimum absolute atomic E-state index is 0.00525. The van der Waals surface area contributed by atoms with Gasteiger partial charge in [-0.1, -0.05) is 30.7 Å². The number of carbonyl (C=O) groups excluding carboxylic acids is 1. The fraction of sp³-hybridized carbons (Fsp3) is 0.292. The van der Waals surface area contributed by atoms with Crippen molar-refractivity contribution in [2.24, 2.45) is 0 Å². The van der Waals surface area contributed by atoms with Crippen molar-refractivity contribution in [2.45, 2.75) is 19.9 Å². The van der Waals surface area contributed by atoms with Gasteiger partial charge in [-0.05, 0) is 48.5 Å². The van der Waals surface area contributed by atoms with Gasteiger partial charge in [-0.25, -0.2) is 4.98 Å². The highest BCUT2D eigenvalue weighted by Crippen LogP contribution is 2.30. The Labute approximate surface area is 198 Å². The van der Waals surface area contributed by atoms with Crippen LogP contribution < -0.4 is 20.7 Å². The molecule has 0 radical (unpaired) electrons. The number of nitrogens with zero attached hydrogens (tertiary/aromatic N) is 3. The summed E-state index contributed by atoms with van der Waals surface area (Å²) < 4.78 is 5.88. The number of anilines is 4. The van der Waals surface area contributed by atoms with Crippen LogP contribution in [0.15, 0.2) is 54.7 Å². The monoisotopic (exact) mass is 466 g/mol. The number of carbonyl (C=O) groups is 1. The third kappa shape index (κ3) is 6.57. The quantitative estimate of drug-likeness (QED) is 0.491. The first-order valence-electron chi connectivity index (χ1n) is 11.0. The van der Waals surface area contributed by atoms with E-state index >= 15 is 0 Å². The molecule has 0 aliphatic carbocycles. The third-order valence-electron chi connectivity index (χ3n) is 5.26. The van der Waals surface area contributed by atoms with Crippen LogP contribution in [0.2, 0.25) is 5.02 Å². The van der Waals surface area contributed by atoms with Gasteiger partial charge in [0, 0.05) is 36.4 Å². The summed E-state index contributed by atoms with van der Waals surface area (Å²) in [5, 5.41) is 9.96. The van der Waals surface area contributed by atoms with E-state index in [0.29, 0.717) is 54.3 Å². The molecule has 4 bridgehead atoms. The van der Waals surface area contributed by atoms with Gasteiger partial charge in [-0.3, -0.25) is 9.69 Å². The number of fused-ring (bicyclic) bond motifs is 10. The van der Waals surface area contributed by atoms with Gasteiger partial charge < -0.3 is 20.7 Å². The van der Waals surface area contributed by atoms with Crippen LogP contribution in [0.4, 0.5) is 23.1 Å². The van der Waals surface area contributed by atoms with Gasteiger partial charge in [-0.15, -0.1) is 0 Å². The van der Waals surface area contributed by atoms with Crippen molar-refractivity contribution < 1.29 is 9.53 Å². The summed E-state index contributed by atoms with van der Waals surface area (Å²) in [6.07, 6.45) is 2.12.